The second-order valence-electron chi connectivity index (χ2n) is 12.2. The van der Waals surface area contributed by atoms with Gasteiger partial charge in [-0.2, -0.15) is 0 Å². The molecule has 1 aliphatic heterocycles. The van der Waals surface area contributed by atoms with Crippen LogP contribution in [0.4, 0.5) is 0 Å². The summed E-state index contributed by atoms with van der Waals surface area (Å²) in [6, 6.07) is 11.3. The average Bonchev–Trinajstić information content (AvgIpc) is 3.07. The van der Waals surface area contributed by atoms with E-state index in [0.29, 0.717) is 75.9 Å². The maximum atomic E-state index is 10.8. The number of unbranched alkanes of at least 4 members (excludes halogenated alkanes) is 10. The molecular weight excluding hydrogens is 584 g/mol. The minimum Gasteiger partial charge on any atom is -0.487 e. The first kappa shape index (κ1) is 37.9. The van der Waals surface area contributed by atoms with Gasteiger partial charge in [-0.05, 0) is 48.2 Å². The molecule has 0 aromatic heterocycles. The Hall–Kier alpha value is -2.52. The van der Waals surface area contributed by atoms with Crippen molar-refractivity contribution in [3.05, 3.63) is 47.5 Å². The van der Waals surface area contributed by atoms with Crippen LogP contribution in [0.2, 0.25) is 0 Å². The Labute approximate surface area is 277 Å². The number of fused-ring (bicyclic) bond motifs is 2. The van der Waals surface area contributed by atoms with E-state index in [0.717, 1.165) is 49.7 Å². The summed E-state index contributed by atoms with van der Waals surface area (Å²) < 4.78 is 35.7. The van der Waals surface area contributed by atoms with Gasteiger partial charge in [0.1, 0.15) is 26.4 Å². The highest BCUT2D eigenvalue weighted by Crippen LogP contribution is 2.34. The van der Waals surface area contributed by atoms with Gasteiger partial charge in [-0.15, -0.1) is 0 Å². The maximum Gasteiger partial charge on any atom is 0.161 e. The summed E-state index contributed by atoms with van der Waals surface area (Å²) in [7, 11) is 0. The molecule has 0 spiro atoms. The molecule has 0 bridgehead atoms. The van der Waals surface area contributed by atoms with Crippen LogP contribution in [-0.4, -0.2) is 63.1 Å². The first-order chi connectivity index (χ1) is 22.6. The Bertz CT molecular complexity index is 977. The number of benzene rings is 2. The van der Waals surface area contributed by atoms with Crippen molar-refractivity contribution in [3.8, 4) is 23.0 Å². The summed E-state index contributed by atoms with van der Waals surface area (Å²) in [5.41, 5.74) is 1.66. The zero-order chi connectivity index (χ0) is 32.7. The zero-order valence-electron chi connectivity index (χ0n) is 28.5. The molecule has 46 heavy (non-hydrogen) atoms. The molecule has 260 valence electrons. The summed E-state index contributed by atoms with van der Waals surface area (Å²) in [5.74, 6) is 2.40. The first-order valence-corrected chi connectivity index (χ1v) is 17.9. The molecule has 8 nitrogen and oxygen atoms in total. The minimum absolute atomic E-state index is 0.337. The van der Waals surface area contributed by atoms with Gasteiger partial charge < -0.3 is 38.6 Å². The van der Waals surface area contributed by atoms with Crippen LogP contribution in [0.5, 0.6) is 23.0 Å². The molecule has 0 saturated heterocycles. The molecule has 2 atom stereocenters. The highest BCUT2D eigenvalue weighted by molar-refractivity contribution is 5.44. The van der Waals surface area contributed by atoms with Gasteiger partial charge in [0.15, 0.2) is 23.0 Å². The number of rotatable bonds is 16. The van der Waals surface area contributed by atoms with Crippen molar-refractivity contribution < 1.29 is 38.6 Å². The quantitative estimate of drug-likeness (QED) is 0.176. The summed E-state index contributed by atoms with van der Waals surface area (Å²) in [6.45, 7) is 7.34. The smallest absolute Gasteiger partial charge is 0.161 e. The van der Waals surface area contributed by atoms with E-state index in [1.165, 1.54) is 51.4 Å². The molecule has 2 aromatic rings. The summed E-state index contributed by atoms with van der Waals surface area (Å²) in [5, 5.41) is 21.6. The van der Waals surface area contributed by atoms with Crippen molar-refractivity contribution in [1.29, 1.82) is 0 Å². The van der Waals surface area contributed by atoms with Crippen LogP contribution in [0.15, 0.2) is 36.4 Å². The second-order valence-corrected chi connectivity index (χ2v) is 12.2. The molecule has 0 aliphatic carbocycles. The lowest BCUT2D eigenvalue weighted by molar-refractivity contribution is 0.0637. The number of hydrogen-bond donors (Lipinski definition) is 2. The largest absolute Gasteiger partial charge is 0.487 e. The lowest BCUT2D eigenvalue weighted by Gasteiger charge is -2.18. The fraction of sp³-hybridized carbons (Fsp3) is 0.684. The van der Waals surface area contributed by atoms with Crippen molar-refractivity contribution in [3.63, 3.8) is 0 Å². The molecule has 1 heterocycles. The Kier molecular flexibility index (Phi) is 19.6. The second kappa shape index (κ2) is 23.7. The van der Waals surface area contributed by atoms with Crippen LogP contribution < -0.4 is 18.9 Å². The van der Waals surface area contributed by atoms with Crippen LogP contribution >= 0.6 is 0 Å². The van der Waals surface area contributed by atoms with E-state index in [4.69, 9.17) is 28.4 Å². The number of aliphatic hydroxyl groups is 2. The Morgan fingerprint density at radius 2 is 0.804 bits per heavy atom. The van der Waals surface area contributed by atoms with E-state index in [-0.39, 0.29) is 0 Å². The molecule has 2 N–H and O–H groups in total. The van der Waals surface area contributed by atoms with Crippen molar-refractivity contribution >= 4 is 0 Å². The van der Waals surface area contributed by atoms with Crippen molar-refractivity contribution in [2.45, 2.75) is 116 Å². The lowest BCUT2D eigenvalue weighted by atomic mass is 10.0. The minimum atomic E-state index is -0.535. The molecule has 0 unspecified atom stereocenters. The molecule has 0 fully saturated rings. The average molecular weight is 645 g/mol. The third kappa shape index (κ3) is 14.9. The lowest BCUT2D eigenvalue weighted by Crippen LogP contribution is -2.15. The van der Waals surface area contributed by atoms with Gasteiger partial charge in [-0.1, -0.05) is 103 Å². The first-order valence-electron chi connectivity index (χ1n) is 17.9. The molecule has 2 aromatic carbocycles. The van der Waals surface area contributed by atoms with Crippen LogP contribution in [0.3, 0.4) is 0 Å². The monoisotopic (exact) mass is 644 g/mol. The Morgan fingerprint density at radius 1 is 0.457 bits per heavy atom. The molecule has 8 heteroatoms. The number of ether oxygens (including phenoxy) is 6. The van der Waals surface area contributed by atoms with Crippen molar-refractivity contribution in [2.75, 3.05) is 52.9 Å². The van der Waals surface area contributed by atoms with Gasteiger partial charge >= 0.3 is 0 Å². The summed E-state index contributed by atoms with van der Waals surface area (Å²) >= 11 is 0. The predicted octanol–water partition coefficient (Wildman–Crippen LogP) is 8.52. The van der Waals surface area contributed by atoms with Gasteiger partial charge in [0.25, 0.3) is 0 Å². The van der Waals surface area contributed by atoms with E-state index in [1.807, 2.05) is 36.4 Å². The third-order valence-electron chi connectivity index (χ3n) is 8.31. The summed E-state index contributed by atoms with van der Waals surface area (Å²) in [6.07, 6.45) is 14.7. The Balaban J connectivity index is 1.51. The summed E-state index contributed by atoms with van der Waals surface area (Å²) in [4.78, 5) is 0. The predicted molar refractivity (Wildman–Crippen MR) is 182 cm³/mol. The fourth-order valence-corrected chi connectivity index (χ4v) is 5.54. The van der Waals surface area contributed by atoms with E-state index in [1.54, 1.807) is 0 Å². The standard InChI is InChI=1S/C38H60O8/c1-3-5-7-9-11-13-15-33(39)31-17-19-35-37(29-31)45-27-23-41-22-26-44-36-20-18-32(34(40)16-14-12-10-8-6-4-2)30-38(36)46-28-24-42-21-25-43-35/h17-20,29-30,33-34,39-40H,3-16,21-28H2,1-2H3/t33-,34-/m1/s1. The van der Waals surface area contributed by atoms with E-state index >= 15 is 0 Å². The highest BCUT2D eigenvalue weighted by Gasteiger charge is 2.15. The zero-order valence-corrected chi connectivity index (χ0v) is 28.5. The van der Waals surface area contributed by atoms with Crippen molar-refractivity contribution in [1.82, 2.24) is 0 Å². The SMILES string of the molecule is CCCCCCCC[C@@H](O)c1ccc2c(c1)OCCOCCOc1ccc([C@H](O)CCCCCCCC)cc1OCCOCCO2. The van der Waals surface area contributed by atoms with E-state index < -0.39 is 12.2 Å². The van der Waals surface area contributed by atoms with Gasteiger partial charge in [0.2, 0.25) is 0 Å². The maximum absolute atomic E-state index is 10.8. The molecule has 1 aliphatic rings. The van der Waals surface area contributed by atoms with Gasteiger partial charge in [-0.25, -0.2) is 0 Å². The molecule has 3 rings (SSSR count). The fourth-order valence-electron chi connectivity index (χ4n) is 5.54. The normalized spacial score (nSPS) is 16.3. The van der Waals surface area contributed by atoms with Crippen LogP contribution in [-0.2, 0) is 9.47 Å². The van der Waals surface area contributed by atoms with Crippen molar-refractivity contribution in [2.24, 2.45) is 0 Å². The Morgan fingerprint density at radius 3 is 1.20 bits per heavy atom. The van der Waals surface area contributed by atoms with Gasteiger partial charge in [0.05, 0.1) is 38.6 Å². The number of aliphatic hydroxyl groups excluding tert-OH is 2. The van der Waals surface area contributed by atoms with E-state index in [2.05, 4.69) is 13.8 Å². The van der Waals surface area contributed by atoms with Gasteiger partial charge in [0, 0.05) is 0 Å². The topological polar surface area (TPSA) is 95.8 Å². The molecular formula is C38H60O8. The molecule has 0 saturated carbocycles. The van der Waals surface area contributed by atoms with Crippen LogP contribution in [0.25, 0.3) is 0 Å². The van der Waals surface area contributed by atoms with Crippen LogP contribution in [0, 0.1) is 0 Å². The third-order valence-corrected chi connectivity index (χ3v) is 8.31. The van der Waals surface area contributed by atoms with Gasteiger partial charge in [-0.3, -0.25) is 0 Å². The van der Waals surface area contributed by atoms with E-state index in [9.17, 15) is 10.2 Å². The molecule has 0 radical (unpaired) electrons. The number of hydrogen-bond acceptors (Lipinski definition) is 8. The highest BCUT2D eigenvalue weighted by atomic mass is 16.6. The molecule has 0 amide bonds. The van der Waals surface area contributed by atoms with Crippen LogP contribution in [0.1, 0.15) is 127 Å².